The zero-order chi connectivity index (χ0) is 21.3. The molecule has 2 aromatic heterocycles. The van der Waals surface area contributed by atoms with E-state index in [4.69, 9.17) is 20.4 Å². The Bertz CT molecular complexity index is 1230. The Morgan fingerprint density at radius 1 is 1.13 bits per heavy atom. The largest absolute Gasteiger partial charge is 0.496 e. The van der Waals surface area contributed by atoms with Crippen LogP contribution in [0.5, 0.6) is 5.75 Å². The van der Waals surface area contributed by atoms with Gasteiger partial charge >= 0.3 is 0 Å². The average Bonchev–Trinajstić information content (AvgIpc) is 3.02. The number of nitrogens with zero attached hydrogens (tertiary/aromatic N) is 3. The van der Waals surface area contributed by atoms with Crippen molar-refractivity contribution in [2.75, 3.05) is 12.8 Å². The molecule has 7 nitrogen and oxygen atoms in total. The molecule has 2 aromatic carbocycles. The van der Waals surface area contributed by atoms with E-state index in [0.29, 0.717) is 29.1 Å². The van der Waals surface area contributed by atoms with E-state index in [2.05, 4.69) is 5.32 Å². The maximum atomic E-state index is 13.1. The minimum atomic E-state index is -0.241. The summed E-state index contributed by atoms with van der Waals surface area (Å²) in [5.41, 5.74) is 10.4. The Labute approximate surface area is 174 Å². The van der Waals surface area contributed by atoms with E-state index in [0.717, 1.165) is 28.8 Å². The SMILES string of the molecule is CC[C@@H](C)NC(=O)c1c(N)n(Cc2ccccc2OC)c2nc3ccccc3nc12. The number of carbonyl (C=O) groups is 1. The molecule has 3 N–H and O–H groups in total. The summed E-state index contributed by atoms with van der Waals surface area (Å²) in [7, 11) is 1.63. The van der Waals surface area contributed by atoms with E-state index >= 15 is 0 Å². The second-order valence-electron chi connectivity index (χ2n) is 7.33. The quantitative estimate of drug-likeness (QED) is 0.511. The van der Waals surface area contributed by atoms with Crippen LogP contribution in [0.3, 0.4) is 0 Å². The lowest BCUT2D eigenvalue weighted by Gasteiger charge is -2.12. The highest BCUT2D eigenvalue weighted by molar-refractivity contribution is 6.10. The number of methoxy groups -OCH3 is 1. The predicted octanol–water partition coefficient (Wildman–Crippen LogP) is 3.75. The second kappa shape index (κ2) is 8.02. The molecule has 4 aromatic rings. The van der Waals surface area contributed by atoms with Crippen molar-refractivity contribution >= 4 is 33.9 Å². The summed E-state index contributed by atoms with van der Waals surface area (Å²) >= 11 is 0. The number of nitrogens with two attached hydrogens (primary N) is 1. The van der Waals surface area contributed by atoms with Gasteiger partial charge in [-0.05, 0) is 31.5 Å². The third kappa shape index (κ3) is 3.43. The Morgan fingerprint density at radius 2 is 1.80 bits per heavy atom. The molecular formula is C23H25N5O2. The summed E-state index contributed by atoms with van der Waals surface area (Å²) in [5, 5.41) is 3.00. The first-order valence-electron chi connectivity index (χ1n) is 10.0. The molecule has 0 saturated carbocycles. The number of ether oxygens (including phenoxy) is 1. The Morgan fingerprint density at radius 3 is 2.50 bits per heavy atom. The summed E-state index contributed by atoms with van der Waals surface area (Å²) in [6.07, 6.45) is 0.820. The summed E-state index contributed by atoms with van der Waals surface area (Å²) in [6.45, 7) is 4.39. The van der Waals surface area contributed by atoms with Crippen molar-refractivity contribution in [3.63, 3.8) is 0 Å². The third-order valence-electron chi connectivity index (χ3n) is 5.33. The Hall–Kier alpha value is -3.61. The van der Waals surface area contributed by atoms with E-state index in [1.165, 1.54) is 0 Å². The van der Waals surface area contributed by atoms with E-state index in [9.17, 15) is 4.79 Å². The van der Waals surface area contributed by atoms with Crippen molar-refractivity contribution < 1.29 is 9.53 Å². The molecule has 2 heterocycles. The molecule has 0 aliphatic heterocycles. The van der Waals surface area contributed by atoms with Crippen LogP contribution in [0.4, 0.5) is 5.82 Å². The number of para-hydroxylation sites is 3. The van der Waals surface area contributed by atoms with E-state index in [1.807, 2.05) is 66.9 Å². The zero-order valence-corrected chi connectivity index (χ0v) is 17.3. The molecule has 0 saturated heterocycles. The van der Waals surface area contributed by atoms with Gasteiger partial charge in [0, 0.05) is 11.6 Å². The van der Waals surface area contributed by atoms with Crippen molar-refractivity contribution in [3.05, 3.63) is 59.7 Å². The number of fused-ring (bicyclic) bond motifs is 2. The minimum Gasteiger partial charge on any atom is -0.496 e. The van der Waals surface area contributed by atoms with Gasteiger partial charge in [0.25, 0.3) is 5.91 Å². The average molecular weight is 403 g/mol. The molecule has 154 valence electrons. The van der Waals surface area contributed by atoms with Crippen LogP contribution in [-0.4, -0.2) is 33.6 Å². The van der Waals surface area contributed by atoms with Gasteiger partial charge in [0.1, 0.15) is 22.6 Å². The highest BCUT2D eigenvalue weighted by atomic mass is 16.5. The van der Waals surface area contributed by atoms with Crippen LogP contribution in [0, 0.1) is 0 Å². The first-order chi connectivity index (χ1) is 14.5. The highest BCUT2D eigenvalue weighted by Gasteiger charge is 2.25. The minimum absolute atomic E-state index is 0.0259. The maximum Gasteiger partial charge on any atom is 0.257 e. The van der Waals surface area contributed by atoms with Crippen LogP contribution in [0.2, 0.25) is 0 Å². The highest BCUT2D eigenvalue weighted by Crippen LogP contribution is 2.30. The number of nitrogen functional groups attached to an aromatic ring is 1. The summed E-state index contributed by atoms with van der Waals surface area (Å²) < 4.78 is 7.32. The monoisotopic (exact) mass is 403 g/mol. The number of hydrogen-bond acceptors (Lipinski definition) is 5. The molecule has 0 spiro atoms. The Balaban J connectivity index is 1.93. The zero-order valence-electron chi connectivity index (χ0n) is 17.3. The normalized spacial score (nSPS) is 12.2. The van der Waals surface area contributed by atoms with Crippen LogP contribution >= 0.6 is 0 Å². The van der Waals surface area contributed by atoms with Crippen molar-refractivity contribution in [1.29, 1.82) is 0 Å². The van der Waals surface area contributed by atoms with Crippen LogP contribution in [-0.2, 0) is 6.54 Å². The first kappa shape index (κ1) is 19.7. The fraction of sp³-hybridized carbons (Fsp3) is 0.261. The molecule has 0 fully saturated rings. The molecule has 0 aliphatic rings. The molecule has 1 atom stereocenters. The number of carbonyl (C=O) groups excluding carboxylic acids is 1. The maximum absolute atomic E-state index is 13.1. The molecule has 0 bridgehead atoms. The second-order valence-corrected chi connectivity index (χ2v) is 7.33. The topological polar surface area (TPSA) is 95.1 Å². The number of rotatable bonds is 6. The number of aromatic nitrogens is 3. The van der Waals surface area contributed by atoms with E-state index < -0.39 is 0 Å². The molecule has 1 amide bonds. The smallest absolute Gasteiger partial charge is 0.257 e. The van der Waals surface area contributed by atoms with Crippen LogP contribution in [0.25, 0.3) is 22.2 Å². The lowest BCUT2D eigenvalue weighted by Crippen LogP contribution is -2.32. The summed E-state index contributed by atoms with van der Waals surface area (Å²) in [5.74, 6) is 0.848. The number of hydrogen-bond donors (Lipinski definition) is 2. The van der Waals surface area contributed by atoms with Gasteiger partial charge < -0.3 is 20.4 Å². The van der Waals surface area contributed by atoms with Crippen molar-refractivity contribution in [2.24, 2.45) is 0 Å². The lowest BCUT2D eigenvalue weighted by molar-refractivity contribution is 0.0941. The van der Waals surface area contributed by atoms with Crippen molar-refractivity contribution in [2.45, 2.75) is 32.9 Å². The third-order valence-corrected chi connectivity index (χ3v) is 5.33. The molecule has 0 unspecified atom stereocenters. The molecule has 0 aliphatic carbocycles. The lowest BCUT2D eigenvalue weighted by atomic mass is 10.2. The number of benzene rings is 2. The van der Waals surface area contributed by atoms with Crippen LogP contribution < -0.4 is 15.8 Å². The van der Waals surface area contributed by atoms with E-state index in [-0.39, 0.29) is 11.9 Å². The van der Waals surface area contributed by atoms with Gasteiger partial charge in [0.05, 0.1) is 24.7 Å². The number of amides is 1. The van der Waals surface area contributed by atoms with Crippen molar-refractivity contribution in [1.82, 2.24) is 19.9 Å². The molecule has 4 rings (SSSR count). The Kier molecular flexibility index (Phi) is 5.27. The summed E-state index contributed by atoms with van der Waals surface area (Å²) in [4.78, 5) is 22.6. The fourth-order valence-electron chi connectivity index (χ4n) is 3.50. The summed E-state index contributed by atoms with van der Waals surface area (Å²) in [6, 6.07) is 15.3. The van der Waals surface area contributed by atoms with Crippen molar-refractivity contribution in [3.8, 4) is 5.75 Å². The first-order valence-corrected chi connectivity index (χ1v) is 10.0. The number of nitrogens with one attached hydrogen (secondary N) is 1. The van der Waals surface area contributed by atoms with Gasteiger partial charge in [0.2, 0.25) is 0 Å². The van der Waals surface area contributed by atoms with Gasteiger partial charge in [-0.25, -0.2) is 9.97 Å². The molecular weight excluding hydrogens is 378 g/mol. The molecule has 7 heteroatoms. The van der Waals surface area contributed by atoms with Crippen LogP contribution in [0.1, 0.15) is 36.2 Å². The van der Waals surface area contributed by atoms with Gasteiger partial charge in [-0.3, -0.25) is 4.79 Å². The van der Waals surface area contributed by atoms with Gasteiger partial charge in [-0.1, -0.05) is 37.3 Å². The van der Waals surface area contributed by atoms with Gasteiger partial charge in [-0.2, -0.15) is 0 Å². The molecule has 30 heavy (non-hydrogen) atoms. The fourth-order valence-corrected chi connectivity index (χ4v) is 3.50. The number of anilines is 1. The van der Waals surface area contributed by atoms with E-state index in [1.54, 1.807) is 7.11 Å². The van der Waals surface area contributed by atoms with Crippen LogP contribution in [0.15, 0.2) is 48.5 Å². The van der Waals surface area contributed by atoms with Gasteiger partial charge in [-0.15, -0.1) is 0 Å². The molecule has 0 radical (unpaired) electrons. The standard InChI is InChI=1S/C23H25N5O2/c1-4-14(2)25-23(29)19-20-22(27-17-11-7-6-10-16(17)26-20)28(21(19)24)13-15-9-5-8-12-18(15)30-3/h5-12,14H,4,13,24H2,1-3H3,(H,25,29)/t14-/m1/s1. The van der Waals surface area contributed by atoms with Gasteiger partial charge in [0.15, 0.2) is 5.65 Å². The predicted molar refractivity (Wildman–Crippen MR) is 119 cm³/mol.